The lowest BCUT2D eigenvalue weighted by Crippen LogP contribution is -2.10. The average Bonchev–Trinajstić information content (AvgIpc) is 2.19. The van der Waals surface area contributed by atoms with Crippen LogP contribution in [0.25, 0.3) is 0 Å². The molecule has 0 saturated carbocycles. The zero-order valence-electron chi connectivity index (χ0n) is 9.50. The Balaban J connectivity index is 5.52. The van der Waals surface area contributed by atoms with Gasteiger partial charge in [-0.15, -0.1) is 17.8 Å². The van der Waals surface area contributed by atoms with E-state index in [1.807, 2.05) is 0 Å². The first-order valence-corrected chi connectivity index (χ1v) is 4.50. The minimum Gasteiger partial charge on any atom is -0.103 e. The summed E-state index contributed by atoms with van der Waals surface area (Å²) in [6, 6.07) is 0. The van der Waals surface area contributed by atoms with E-state index in [0.29, 0.717) is 0 Å². The maximum Gasteiger partial charge on any atom is 0.213 e. The Hall–Kier alpha value is -2.20. The molecule has 0 aliphatic rings. The summed E-state index contributed by atoms with van der Waals surface area (Å²) < 4.78 is 0. The maximum atomic E-state index is 2.92. The molecule has 0 bridgehead atoms. The fourth-order valence-electron chi connectivity index (χ4n) is 0.938. The van der Waals surface area contributed by atoms with Crippen molar-refractivity contribution < 1.29 is 0 Å². The normalized spacial score (nSPS) is 6.67. The molecule has 0 aliphatic heterocycles. The molecule has 0 heteroatoms. The van der Waals surface area contributed by atoms with Crippen LogP contribution in [0.15, 0.2) is 0 Å². The van der Waals surface area contributed by atoms with Gasteiger partial charge in [-0.25, -0.2) is 0 Å². The molecule has 0 amide bonds. The van der Waals surface area contributed by atoms with Crippen molar-refractivity contribution in [3.63, 3.8) is 0 Å². The molecule has 0 aliphatic carbocycles. The highest BCUT2D eigenvalue weighted by molar-refractivity contribution is 5.50. The van der Waals surface area contributed by atoms with Crippen LogP contribution in [0.3, 0.4) is 0 Å². The van der Waals surface area contributed by atoms with Gasteiger partial charge in [-0.3, -0.25) is 0 Å². The van der Waals surface area contributed by atoms with E-state index in [1.165, 1.54) is 0 Å². The van der Waals surface area contributed by atoms with Crippen LogP contribution in [-0.4, -0.2) is 0 Å². The van der Waals surface area contributed by atoms with Crippen molar-refractivity contribution in [2.24, 2.45) is 5.41 Å². The lowest BCUT2D eigenvalue weighted by atomic mass is 9.91. The fraction of sp³-hybridized carbons (Fsp3) is 0.333. The molecule has 0 radical (unpaired) electrons. The standard InChI is InChI=1S/C15H12/c1-5-9-10-14-15(11-6-2,12-7-3)13-8-4/h1-4H3. The third-order valence-electron chi connectivity index (χ3n) is 1.38. The van der Waals surface area contributed by atoms with Crippen molar-refractivity contribution in [3.05, 3.63) is 0 Å². The Morgan fingerprint density at radius 2 is 1.00 bits per heavy atom. The second kappa shape index (κ2) is 7.23. The Labute approximate surface area is 92.8 Å². The maximum absolute atomic E-state index is 2.92. The van der Waals surface area contributed by atoms with E-state index < -0.39 is 5.41 Å². The Morgan fingerprint density at radius 3 is 1.33 bits per heavy atom. The van der Waals surface area contributed by atoms with Crippen LogP contribution < -0.4 is 0 Å². The summed E-state index contributed by atoms with van der Waals surface area (Å²) in [5.41, 5.74) is -0.845. The lowest BCUT2D eigenvalue weighted by Gasteiger charge is -2.05. The number of rotatable bonds is 0. The van der Waals surface area contributed by atoms with Gasteiger partial charge in [-0.05, 0) is 45.5 Å². The Bertz CT molecular complexity index is 455. The smallest absolute Gasteiger partial charge is 0.103 e. The van der Waals surface area contributed by atoms with Crippen LogP contribution in [0.1, 0.15) is 27.7 Å². The van der Waals surface area contributed by atoms with Gasteiger partial charge in [0.25, 0.3) is 0 Å². The molecule has 0 nitrogen and oxygen atoms in total. The highest BCUT2D eigenvalue weighted by atomic mass is 14.1. The van der Waals surface area contributed by atoms with Gasteiger partial charge < -0.3 is 0 Å². The SMILES string of the molecule is CC#CC#CC(C#CC)(C#CC)C#CC. The van der Waals surface area contributed by atoms with Gasteiger partial charge in [-0.1, -0.05) is 23.7 Å². The second-order valence-electron chi connectivity index (χ2n) is 2.50. The molecule has 72 valence electrons. The zero-order valence-corrected chi connectivity index (χ0v) is 9.50. The van der Waals surface area contributed by atoms with Crippen LogP contribution in [0.2, 0.25) is 0 Å². The van der Waals surface area contributed by atoms with Gasteiger partial charge in [-0.2, -0.15) is 0 Å². The van der Waals surface area contributed by atoms with Gasteiger partial charge in [0.05, 0.1) is 0 Å². The van der Waals surface area contributed by atoms with E-state index in [4.69, 9.17) is 0 Å². The predicted octanol–water partition coefficient (Wildman–Crippen LogP) is 2.07. The van der Waals surface area contributed by atoms with E-state index in [-0.39, 0.29) is 0 Å². The third-order valence-corrected chi connectivity index (χ3v) is 1.38. The molecule has 0 fully saturated rings. The molecule has 0 aromatic rings. The predicted molar refractivity (Wildman–Crippen MR) is 64.0 cm³/mol. The largest absolute Gasteiger partial charge is 0.213 e. The number of hydrogen-bond donors (Lipinski definition) is 0. The van der Waals surface area contributed by atoms with E-state index in [9.17, 15) is 0 Å². The molecular weight excluding hydrogens is 180 g/mol. The van der Waals surface area contributed by atoms with Gasteiger partial charge in [0, 0.05) is 0 Å². The monoisotopic (exact) mass is 192 g/mol. The van der Waals surface area contributed by atoms with Gasteiger partial charge in [0.2, 0.25) is 5.41 Å². The van der Waals surface area contributed by atoms with E-state index in [2.05, 4.69) is 59.2 Å². The molecule has 15 heavy (non-hydrogen) atoms. The summed E-state index contributed by atoms with van der Waals surface area (Å²) in [6.45, 7) is 6.97. The van der Waals surface area contributed by atoms with Crippen molar-refractivity contribution in [3.8, 4) is 59.2 Å². The number of hydrogen-bond acceptors (Lipinski definition) is 0. The molecular formula is C15H12. The van der Waals surface area contributed by atoms with Crippen LogP contribution in [0, 0.1) is 64.6 Å². The van der Waals surface area contributed by atoms with Crippen LogP contribution in [0.4, 0.5) is 0 Å². The van der Waals surface area contributed by atoms with Crippen molar-refractivity contribution >= 4 is 0 Å². The van der Waals surface area contributed by atoms with E-state index in [1.54, 1.807) is 27.7 Å². The molecule has 0 N–H and O–H groups in total. The molecule has 0 saturated heterocycles. The average molecular weight is 192 g/mol. The van der Waals surface area contributed by atoms with Gasteiger partial charge in [0.15, 0.2) is 0 Å². The first kappa shape index (κ1) is 12.8. The van der Waals surface area contributed by atoms with Crippen LogP contribution >= 0.6 is 0 Å². The molecule has 0 aromatic heterocycles. The summed E-state index contributed by atoms with van der Waals surface area (Å²) in [5, 5.41) is 0. The molecule has 0 aromatic carbocycles. The third kappa shape index (κ3) is 4.54. The Kier molecular flexibility index (Phi) is 6.17. The molecule has 0 spiro atoms. The Morgan fingerprint density at radius 1 is 0.533 bits per heavy atom. The van der Waals surface area contributed by atoms with E-state index in [0.717, 1.165) is 0 Å². The molecule has 0 atom stereocenters. The molecule has 0 rings (SSSR count). The van der Waals surface area contributed by atoms with Crippen molar-refractivity contribution in [2.75, 3.05) is 0 Å². The summed E-state index contributed by atoms with van der Waals surface area (Å²) in [4.78, 5) is 0. The highest BCUT2D eigenvalue weighted by Gasteiger charge is 2.18. The van der Waals surface area contributed by atoms with Crippen molar-refractivity contribution in [1.29, 1.82) is 0 Å². The summed E-state index contributed by atoms with van der Waals surface area (Å²) in [5.74, 6) is 28.1. The van der Waals surface area contributed by atoms with Gasteiger partial charge in [0.1, 0.15) is 0 Å². The van der Waals surface area contributed by atoms with Gasteiger partial charge >= 0.3 is 0 Å². The first-order chi connectivity index (χ1) is 7.24. The van der Waals surface area contributed by atoms with E-state index >= 15 is 0 Å². The second-order valence-corrected chi connectivity index (χ2v) is 2.50. The fourth-order valence-corrected chi connectivity index (χ4v) is 0.938. The summed E-state index contributed by atoms with van der Waals surface area (Å²) in [6.07, 6.45) is 0. The topological polar surface area (TPSA) is 0 Å². The molecule has 0 unspecified atom stereocenters. The zero-order chi connectivity index (χ0) is 11.6. The summed E-state index contributed by atoms with van der Waals surface area (Å²) in [7, 11) is 0. The van der Waals surface area contributed by atoms with Crippen LogP contribution in [-0.2, 0) is 0 Å². The first-order valence-electron chi connectivity index (χ1n) is 4.50. The quantitative estimate of drug-likeness (QED) is 0.515. The van der Waals surface area contributed by atoms with Crippen LogP contribution in [0.5, 0.6) is 0 Å². The highest BCUT2D eigenvalue weighted by Crippen LogP contribution is 2.11. The van der Waals surface area contributed by atoms with Crippen molar-refractivity contribution in [2.45, 2.75) is 27.7 Å². The minimum absolute atomic E-state index is 0.845. The lowest BCUT2D eigenvalue weighted by molar-refractivity contribution is 0.985. The minimum atomic E-state index is -0.845. The molecule has 0 heterocycles. The summed E-state index contributed by atoms with van der Waals surface area (Å²) >= 11 is 0. The van der Waals surface area contributed by atoms with Crippen molar-refractivity contribution in [1.82, 2.24) is 0 Å².